The highest BCUT2D eigenvalue weighted by molar-refractivity contribution is 7.92. The molecule has 0 aromatic heterocycles. The third-order valence-corrected chi connectivity index (χ3v) is 5.88. The number of nitrogens with zero attached hydrogens (tertiary/aromatic N) is 1. The Morgan fingerprint density at radius 2 is 1.87 bits per heavy atom. The molecule has 0 aliphatic carbocycles. The van der Waals surface area contributed by atoms with E-state index in [-0.39, 0.29) is 19.7 Å². The molecule has 1 N–H and O–H groups in total. The van der Waals surface area contributed by atoms with Crippen molar-refractivity contribution in [2.24, 2.45) is 0 Å². The summed E-state index contributed by atoms with van der Waals surface area (Å²) in [5.41, 5.74) is 2.51. The molecule has 0 fully saturated rings. The van der Waals surface area contributed by atoms with Crippen LogP contribution in [0.3, 0.4) is 0 Å². The van der Waals surface area contributed by atoms with Crippen LogP contribution >= 0.6 is 0 Å². The first kappa shape index (κ1) is 21.8. The fourth-order valence-electron chi connectivity index (χ4n) is 3.01. The van der Waals surface area contributed by atoms with Crippen molar-refractivity contribution < 1.29 is 27.4 Å². The highest BCUT2D eigenvalue weighted by atomic mass is 32.2. The fourth-order valence-corrected chi connectivity index (χ4v) is 3.85. The van der Waals surface area contributed by atoms with Crippen molar-refractivity contribution >= 4 is 21.6 Å². The van der Waals surface area contributed by atoms with Crippen molar-refractivity contribution in [1.82, 2.24) is 5.32 Å². The van der Waals surface area contributed by atoms with E-state index in [4.69, 9.17) is 14.2 Å². The first-order valence-corrected chi connectivity index (χ1v) is 11.4. The smallest absolute Gasteiger partial charge is 0.240 e. The van der Waals surface area contributed by atoms with E-state index in [0.717, 1.165) is 27.4 Å². The average molecular weight is 435 g/mol. The van der Waals surface area contributed by atoms with E-state index in [2.05, 4.69) is 5.32 Å². The molecule has 2 aromatic carbocycles. The number of sulfonamides is 1. The van der Waals surface area contributed by atoms with Crippen LogP contribution in [0.4, 0.5) is 5.69 Å². The minimum atomic E-state index is -3.68. The molecule has 9 heteroatoms. The second-order valence-electron chi connectivity index (χ2n) is 6.99. The number of fused-ring (bicyclic) bond motifs is 1. The van der Waals surface area contributed by atoms with Crippen molar-refractivity contribution in [3.05, 3.63) is 47.5 Å². The second kappa shape index (κ2) is 9.25. The van der Waals surface area contributed by atoms with E-state index in [0.29, 0.717) is 30.4 Å². The van der Waals surface area contributed by atoms with Gasteiger partial charge in [0.05, 0.1) is 18.5 Å². The van der Waals surface area contributed by atoms with E-state index in [1.807, 2.05) is 32.0 Å². The molecule has 1 heterocycles. The molecule has 0 radical (unpaired) electrons. The summed E-state index contributed by atoms with van der Waals surface area (Å²) in [6, 6.07) is 10.6. The molecule has 0 atom stereocenters. The molecule has 0 unspecified atom stereocenters. The van der Waals surface area contributed by atoms with E-state index < -0.39 is 15.9 Å². The van der Waals surface area contributed by atoms with Gasteiger partial charge in [-0.2, -0.15) is 0 Å². The van der Waals surface area contributed by atoms with Crippen molar-refractivity contribution in [1.29, 1.82) is 0 Å². The monoisotopic (exact) mass is 434 g/mol. The van der Waals surface area contributed by atoms with Gasteiger partial charge in [-0.1, -0.05) is 12.1 Å². The lowest BCUT2D eigenvalue weighted by atomic mass is 10.1. The molecule has 0 saturated carbocycles. The number of nitrogens with one attached hydrogen (secondary N) is 1. The number of amides is 1. The first-order valence-electron chi connectivity index (χ1n) is 9.59. The number of carbonyl (C=O) groups excluding carboxylic acids is 1. The standard InChI is InChI=1S/C21H26N2O6S/c1-15-5-4-6-18(16(15)2)27-10-9-22-21(24)14-23(30(3,25)26)17-7-8-19-20(13-17)29-12-11-28-19/h4-8,13H,9-12,14H2,1-3H3,(H,22,24). The van der Waals surface area contributed by atoms with Crippen LogP contribution in [-0.2, 0) is 14.8 Å². The van der Waals surface area contributed by atoms with Crippen LogP contribution in [0, 0.1) is 13.8 Å². The van der Waals surface area contributed by atoms with Crippen LogP contribution in [0.1, 0.15) is 11.1 Å². The number of anilines is 1. The minimum absolute atomic E-state index is 0.255. The molecule has 2 aromatic rings. The van der Waals surface area contributed by atoms with Gasteiger partial charge in [-0.25, -0.2) is 8.42 Å². The van der Waals surface area contributed by atoms with Gasteiger partial charge in [0.2, 0.25) is 15.9 Å². The summed E-state index contributed by atoms with van der Waals surface area (Å²) in [6.45, 7) is 4.99. The van der Waals surface area contributed by atoms with Crippen molar-refractivity contribution in [3.63, 3.8) is 0 Å². The molecular formula is C21H26N2O6S. The Balaban J connectivity index is 1.59. The minimum Gasteiger partial charge on any atom is -0.491 e. The van der Waals surface area contributed by atoms with Crippen LogP contribution in [0.2, 0.25) is 0 Å². The number of aryl methyl sites for hydroxylation is 1. The number of ether oxygens (including phenoxy) is 3. The Kier molecular flexibility index (Phi) is 6.71. The van der Waals surface area contributed by atoms with Crippen LogP contribution < -0.4 is 23.8 Å². The molecular weight excluding hydrogens is 408 g/mol. The summed E-state index contributed by atoms with van der Waals surface area (Å²) in [7, 11) is -3.68. The number of hydrogen-bond acceptors (Lipinski definition) is 6. The Morgan fingerprint density at radius 1 is 1.13 bits per heavy atom. The second-order valence-corrected chi connectivity index (χ2v) is 8.90. The van der Waals surface area contributed by atoms with E-state index in [1.54, 1.807) is 18.2 Å². The molecule has 162 valence electrons. The number of rotatable bonds is 8. The fraction of sp³-hybridized carbons (Fsp3) is 0.381. The molecule has 8 nitrogen and oxygen atoms in total. The number of benzene rings is 2. The van der Waals surface area contributed by atoms with Gasteiger partial charge in [-0.3, -0.25) is 9.10 Å². The summed E-state index contributed by atoms with van der Waals surface area (Å²) in [5, 5.41) is 2.70. The molecule has 1 aliphatic rings. The quantitative estimate of drug-likeness (QED) is 0.639. The number of carbonyl (C=O) groups is 1. The lowest BCUT2D eigenvalue weighted by Gasteiger charge is -2.24. The largest absolute Gasteiger partial charge is 0.491 e. The maximum absolute atomic E-state index is 12.4. The summed E-state index contributed by atoms with van der Waals surface area (Å²) in [5.74, 6) is 1.33. The van der Waals surface area contributed by atoms with Crippen LogP contribution in [0.5, 0.6) is 17.2 Å². The van der Waals surface area contributed by atoms with Gasteiger partial charge in [0, 0.05) is 6.07 Å². The third kappa shape index (κ3) is 5.35. The van der Waals surface area contributed by atoms with Gasteiger partial charge in [0.1, 0.15) is 32.1 Å². The Morgan fingerprint density at radius 3 is 2.60 bits per heavy atom. The van der Waals surface area contributed by atoms with Crippen LogP contribution in [-0.4, -0.2) is 53.5 Å². The third-order valence-electron chi connectivity index (χ3n) is 4.74. The normalized spacial score (nSPS) is 12.9. The highest BCUT2D eigenvalue weighted by Crippen LogP contribution is 2.34. The van der Waals surface area contributed by atoms with Crippen LogP contribution in [0.15, 0.2) is 36.4 Å². The van der Waals surface area contributed by atoms with Gasteiger partial charge >= 0.3 is 0 Å². The maximum atomic E-state index is 12.4. The molecule has 0 saturated heterocycles. The highest BCUT2D eigenvalue weighted by Gasteiger charge is 2.23. The predicted octanol–water partition coefficient (Wildman–Crippen LogP) is 2.04. The van der Waals surface area contributed by atoms with E-state index in [1.165, 1.54) is 0 Å². The molecule has 3 rings (SSSR count). The van der Waals surface area contributed by atoms with Gasteiger partial charge in [-0.15, -0.1) is 0 Å². The Bertz CT molecular complexity index is 1020. The summed E-state index contributed by atoms with van der Waals surface area (Å²) in [4.78, 5) is 12.4. The van der Waals surface area contributed by atoms with Crippen molar-refractivity contribution in [3.8, 4) is 17.2 Å². The molecule has 0 spiro atoms. The van der Waals surface area contributed by atoms with E-state index >= 15 is 0 Å². The predicted molar refractivity (Wildman–Crippen MR) is 114 cm³/mol. The lowest BCUT2D eigenvalue weighted by Crippen LogP contribution is -2.41. The summed E-state index contributed by atoms with van der Waals surface area (Å²) >= 11 is 0. The van der Waals surface area contributed by atoms with Gasteiger partial charge in [0.25, 0.3) is 0 Å². The molecule has 1 aliphatic heterocycles. The topological polar surface area (TPSA) is 94.2 Å². The average Bonchev–Trinajstić information content (AvgIpc) is 2.71. The number of hydrogen-bond donors (Lipinski definition) is 1. The summed E-state index contributed by atoms with van der Waals surface area (Å²) in [6.07, 6.45) is 1.06. The lowest BCUT2D eigenvalue weighted by molar-refractivity contribution is -0.119. The van der Waals surface area contributed by atoms with E-state index in [9.17, 15) is 13.2 Å². The zero-order valence-electron chi connectivity index (χ0n) is 17.3. The zero-order valence-corrected chi connectivity index (χ0v) is 18.1. The van der Waals surface area contributed by atoms with Crippen molar-refractivity contribution in [2.75, 3.05) is 43.5 Å². The maximum Gasteiger partial charge on any atom is 0.240 e. The van der Waals surface area contributed by atoms with Gasteiger partial charge < -0.3 is 19.5 Å². The SMILES string of the molecule is Cc1cccc(OCCNC(=O)CN(c2ccc3c(c2)OCCO3)S(C)(=O)=O)c1C. The summed E-state index contributed by atoms with van der Waals surface area (Å²) < 4.78 is 42.2. The van der Waals surface area contributed by atoms with Gasteiger partial charge in [-0.05, 0) is 43.2 Å². The zero-order chi connectivity index (χ0) is 21.7. The van der Waals surface area contributed by atoms with Gasteiger partial charge in [0.15, 0.2) is 11.5 Å². The molecule has 0 bridgehead atoms. The van der Waals surface area contributed by atoms with Crippen molar-refractivity contribution in [2.45, 2.75) is 13.8 Å². The molecule has 1 amide bonds. The Hall–Kier alpha value is -2.94. The molecule has 30 heavy (non-hydrogen) atoms. The first-order chi connectivity index (χ1) is 14.3. The Labute approximate surface area is 176 Å². The van der Waals surface area contributed by atoms with Crippen LogP contribution in [0.25, 0.3) is 0 Å².